The highest BCUT2D eigenvalue weighted by Gasteiger charge is 2.08. The van der Waals surface area contributed by atoms with Gasteiger partial charge in [0.2, 0.25) is 16.0 Å². The van der Waals surface area contributed by atoms with Crippen molar-refractivity contribution in [1.82, 2.24) is 9.97 Å². The van der Waals surface area contributed by atoms with E-state index < -0.39 is 10.0 Å². The fourth-order valence-corrected chi connectivity index (χ4v) is 3.25. The molecule has 3 rings (SSSR count). The van der Waals surface area contributed by atoms with Crippen LogP contribution < -0.4 is 15.4 Å². The van der Waals surface area contributed by atoms with E-state index in [2.05, 4.69) is 27.4 Å². The van der Waals surface area contributed by atoms with E-state index in [0.717, 1.165) is 24.3 Å². The van der Waals surface area contributed by atoms with Crippen LogP contribution in [0.2, 0.25) is 0 Å². The Morgan fingerprint density at radius 1 is 1.00 bits per heavy atom. The Morgan fingerprint density at radius 2 is 1.71 bits per heavy atom. The zero-order valence-electron chi connectivity index (χ0n) is 15.6. The summed E-state index contributed by atoms with van der Waals surface area (Å²) in [4.78, 5) is 11.0. The molecule has 0 fully saturated rings. The molecule has 0 aliphatic rings. The molecule has 3 aromatic rings. The van der Waals surface area contributed by atoms with Gasteiger partial charge in [0.1, 0.15) is 5.82 Å². The second-order valence-corrected chi connectivity index (χ2v) is 8.01. The van der Waals surface area contributed by atoms with Gasteiger partial charge in [-0.1, -0.05) is 42.5 Å². The summed E-state index contributed by atoms with van der Waals surface area (Å²) in [5, 5.41) is 8.39. The van der Waals surface area contributed by atoms with Crippen LogP contribution >= 0.6 is 0 Å². The van der Waals surface area contributed by atoms with Crippen LogP contribution in [0.4, 0.5) is 11.8 Å². The molecule has 0 unspecified atom stereocenters. The molecule has 1 aromatic heterocycles. The summed E-state index contributed by atoms with van der Waals surface area (Å²) < 4.78 is 22.6. The predicted octanol–water partition coefficient (Wildman–Crippen LogP) is 2.42. The molecule has 28 heavy (non-hydrogen) atoms. The van der Waals surface area contributed by atoms with Crippen molar-refractivity contribution in [3.63, 3.8) is 0 Å². The molecule has 0 atom stereocenters. The quantitative estimate of drug-likeness (QED) is 0.605. The van der Waals surface area contributed by atoms with Crippen LogP contribution in [0.25, 0.3) is 0 Å². The molecule has 3 N–H and O–H groups in total. The summed E-state index contributed by atoms with van der Waals surface area (Å²) in [5.41, 5.74) is 2.20. The largest absolute Gasteiger partial charge is 0.370 e. The summed E-state index contributed by atoms with van der Waals surface area (Å²) in [5.74, 6) is 1.39. The Bertz CT molecular complexity index is 1010. The van der Waals surface area contributed by atoms with Crippen LogP contribution in [0, 0.1) is 0 Å². The molecule has 0 saturated carbocycles. The van der Waals surface area contributed by atoms with E-state index in [1.54, 1.807) is 18.3 Å². The monoisotopic (exact) mass is 397 g/mol. The Morgan fingerprint density at radius 3 is 2.39 bits per heavy atom. The second-order valence-electron chi connectivity index (χ2n) is 6.45. The Balaban J connectivity index is 1.56. The highest BCUT2D eigenvalue weighted by Crippen LogP contribution is 2.13. The van der Waals surface area contributed by atoms with E-state index in [0.29, 0.717) is 12.5 Å². The number of aromatic nitrogens is 2. The number of benzene rings is 2. The van der Waals surface area contributed by atoms with Gasteiger partial charge in [0, 0.05) is 26.3 Å². The maximum absolute atomic E-state index is 11.3. The summed E-state index contributed by atoms with van der Waals surface area (Å²) in [6.45, 7) is 1.38. The smallest absolute Gasteiger partial charge is 0.238 e. The highest BCUT2D eigenvalue weighted by atomic mass is 32.2. The van der Waals surface area contributed by atoms with Crippen molar-refractivity contribution in [2.24, 2.45) is 5.14 Å². The van der Waals surface area contributed by atoms with Gasteiger partial charge in [-0.3, -0.25) is 0 Å². The lowest BCUT2D eigenvalue weighted by Crippen LogP contribution is -2.19. The van der Waals surface area contributed by atoms with Crippen LogP contribution in [-0.4, -0.2) is 32.0 Å². The second kappa shape index (κ2) is 8.81. The molecule has 0 spiro atoms. The molecule has 0 saturated heterocycles. The number of primary sulfonamides is 1. The van der Waals surface area contributed by atoms with Gasteiger partial charge in [0.05, 0.1) is 4.90 Å². The topological polar surface area (TPSA) is 101 Å². The molecule has 8 heteroatoms. The SMILES string of the molecule is CN(Cc1ccccc1)c1nccc(NCCc2ccc(S(N)(=O)=O)cc2)n1. The molecular weight excluding hydrogens is 374 g/mol. The van der Waals surface area contributed by atoms with Crippen LogP contribution in [0.15, 0.2) is 71.8 Å². The molecule has 146 valence electrons. The standard InChI is InChI=1S/C20H23N5O2S/c1-25(15-17-5-3-2-4-6-17)20-23-14-12-19(24-20)22-13-11-16-7-9-18(10-8-16)28(21,26)27/h2-10,12,14H,11,13,15H2,1H3,(H2,21,26,27)(H,22,23,24). The van der Waals surface area contributed by atoms with Crippen molar-refractivity contribution >= 4 is 21.8 Å². The minimum Gasteiger partial charge on any atom is -0.370 e. The minimum absolute atomic E-state index is 0.117. The number of anilines is 2. The maximum Gasteiger partial charge on any atom is 0.238 e. The third-order valence-electron chi connectivity index (χ3n) is 4.22. The van der Waals surface area contributed by atoms with Gasteiger partial charge in [-0.15, -0.1) is 0 Å². The Hall–Kier alpha value is -2.97. The average Bonchev–Trinajstić information content (AvgIpc) is 2.69. The molecule has 2 aromatic carbocycles. The fourth-order valence-electron chi connectivity index (χ4n) is 2.74. The van der Waals surface area contributed by atoms with Gasteiger partial charge in [-0.2, -0.15) is 4.98 Å². The van der Waals surface area contributed by atoms with E-state index >= 15 is 0 Å². The summed E-state index contributed by atoms with van der Waals surface area (Å²) >= 11 is 0. The maximum atomic E-state index is 11.3. The van der Waals surface area contributed by atoms with E-state index in [1.165, 1.54) is 17.7 Å². The number of nitrogens with zero attached hydrogens (tertiary/aromatic N) is 3. The van der Waals surface area contributed by atoms with Gasteiger partial charge in [-0.05, 0) is 35.7 Å². The minimum atomic E-state index is -3.66. The number of sulfonamides is 1. The summed E-state index contributed by atoms with van der Waals surface area (Å²) in [6.07, 6.45) is 2.46. The first kappa shape index (κ1) is 19.8. The molecule has 0 bridgehead atoms. The van der Waals surface area contributed by atoms with Crippen molar-refractivity contribution in [1.29, 1.82) is 0 Å². The zero-order valence-corrected chi connectivity index (χ0v) is 16.4. The average molecular weight is 398 g/mol. The number of nitrogens with one attached hydrogen (secondary N) is 1. The van der Waals surface area contributed by atoms with E-state index in [-0.39, 0.29) is 4.90 Å². The van der Waals surface area contributed by atoms with Gasteiger partial charge in [-0.25, -0.2) is 18.5 Å². The Labute approximate surface area is 165 Å². The molecular formula is C20H23N5O2S. The molecule has 0 aliphatic heterocycles. The molecule has 0 amide bonds. The van der Waals surface area contributed by atoms with Crippen molar-refractivity contribution < 1.29 is 8.42 Å². The summed E-state index contributed by atoms with van der Waals surface area (Å²) in [7, 11) is -1.70. The highest BCUT2D eigenvalue weighted by molar-refractivity contribution is 7.89. The third-order valence-corrected chi connectivity index (χ3v) is 5.15. The fraction of sp³-hybridized carbons (Fsp3) is 0.200. The first-order chi connectivity index (χ1) is 13.4. The van der Waals surface area contributed by atoms with E-state index in [9.17, 15) is 8.42 Å². The van der Waals surface area contributed by atoms with Gasteiger partial charge >= 0.3 is 0 Å². The van der Waals surface area contributed by atoms with Crippen molar-refractivity contribution in [2.45, 2.75) is 17.9 Å². The summed E-state index contributed by atoms with van der Waals surface area (Å²) in [6, 6.07) is 18.5. The molecule has 0 radical (unpaired) electrons. The van der Waals surface area contributed by atoms with Gasteiger partial charge in [0.15, 0.2) is 0 Å². The zero-order chi connectivity index (χ0) is 20.0. The lowest BCUT2D eigenvalue weighted by Gasteiger charge is -2.17. The van der Waals surface area contributed by atoms with Gasteiger partial charge < -0.3 is 10.2 Å². The van der Waals surface area contributed by atoms with Crippen molar-refractivity contribution in [2.75, 3.05) is 23.8 Å². The van der Waals surface area contributed by atoms with Crippen LogP contribution in [0.1, 0.15) is 11.1 Å². The van der Waals surface area contributed by atoms with Crippen LogP contribution in [0.5, 0.6) is 0 Å². The lowest BCUT2D eigenvalue weighted by molar-refractivity contribution is 0.598. The molecule has 0 aliphatic carbocycles. The number of nitrogens with two attached hydrogens (primary N) is 1. The predicted molar refractivity (Wildman–Crippen MR) is 111 cm³/mol. The molecule has 1 heterocycles. The van der Waals surface area contributed by atoms with Gasteiger partial charge in [0.25, 0.3) is 0 Å². The van der Waals surface area contributed by atoms with E-state index in [4.69, 9.17) is 5.14 Å². The van der Waals surface area contributed by atoms with Crippen LogP contribution in [0.3, 0.4) is 0 Å². The lowest BCUT2D eigenvalue weighted by atomic mass is 10.1. The first-order valence-corrected chi connectivity index (χ1v) is 10.4. The third kappa shape index (κ3) is 5.51. The van der Waals surface area contributed by atoms with E-state index in [1.807, 2.05) is 36.2 Å². The van der Waals surface area contributed by atoms with Crippen molar-refractivity contribution in [3.8, 4) is 0 Å². The Kier molecular flexibility index (Phi) is 6.23. The molecule has 7 nitrogen and oxygen atoms in total. The van der Waals surface area contributed by atoms with Crippen molar-refractivity contribution in [3.05, 3.63) is 78.0 Å². The number of hydrogen-bond acceptors (Lipinski definition) is 6. The first-order valence-electron chi connectivity index (χ1n) is 8.85. The number of rotatable bonds is 8. The number of hydrogen-bond donors (Lipinski definition) is 2. The van der Waals surface area contributed by atoms with Crippen LogP contribution in [-0.2, 0) is 23.0 Å². The normalized spacial score (nSPS) is 11.2.